The first-order valence-corrected chi connectivity index (χ1v) is 4.75. The number of nitrogen functional groups attached to an aromatic ring is 1. The lowest BCUT2D eigenvalue weighted by atomic mass is 10.1. The van der Waals surface area contributed by atoms with Crippen LogP contribution in [0.4, 0.5) is 5.88 Å². The molecular weight excluding hydrogens is 224 g/mol. The third-order valence-corrected chi connectivity index (χ3v) is 2.23. The highest BCUT2D eigenvalue weighted by molar-refractivity contribution is 5.93. The van der Waals surface area contributed by atoms with E-state index < -0.39 is 5.97 Å². The van der Waals surface area contributed by atoms with Crippen LogP contribution in [0.3, 0.4) is 0 Å². The topological polar surface area (TPSA) is 98.6 Å². The van der Waals surface area contributed by atoms with Crippen LogP contribution in [0, 0.1) is 0 Å². The van der Waals surface area contributed by atoms with Gasteiger partial charge in [0.25, 0.3) is 0 Å². The van der Waals surface area contributed by atoms with Crippen LogP contribution in [0.5, 0.6) is 5.75 Å². The van der Waals surface area contributed by atoms with Gasteiger partial charge in [0.05, 0.1) is 7.11 Å². The van der Waals surface area contributed by atoms with Gasteiger partial charge in [-0.1, -0.05) is 5.16 Å². The molecule has 0 unspecified atom stereocenters. The van der Waals surface area contributed by atoms with Gasteiger partial charge in [0, 0.05) is 11.6 Å². The van der Waals surface area contributed by atoms with Gasteiger partial charge in [0.1, 0.15) is 17.0 Å². The summed E-state index contributed by atoms with van der Waals surface area (Å²) < 4.78 is 9.27. The number of methoxy groups -OCH3 is 1. The number of phenolic OH excluding ortho intramolecular Hbond substituents is 1. The molecule has 0 aliphatic heterocycles. The molecule has 17 heavy (non-hydrogen) atoms. The number of benzene rings is 1. The van der Waals surface area contributed by atoms with E-state index in [1.54, 1.807) is 6.07 Å². The zero-order chi connectivity index (χ0) is 12.4. The molecule has 0 saturated carbocycles. The van der Waals surface area contributed by atoms with Crippen molar-refractivity contribution in [3.8, 4) is 17.0 Å². The molecule has 0 bridgehead atoms. The van der Waals surface area contributed by atoms with E-state index in [4.69, 9.17) is 10.3 Å². The fourth-order valence-electron chi connectivity index (χ4n) is 1.39. The predicted molar refractivity (Wildman–Crippen MR) is 59.4 cm³/mol. The Morgan fingerprint density at radius 2 is 2.24 bits per heavy atom. The number of phenols is 1. The van der Waals surface area contributed by atoms with Gasteiger partial charge in [-0.2, -0.15) is 0 Å². The van der Waals surface area contributed by atoms with Crippen molar-refractivity contribution in [1.29, 1.82) is 0 Å². The molecular formula is C11H10N2O4. The van der Waals surface area contributed by atoms with Gasteiger partial charge in [-0.3, -0.25) is 0 Å². The molecule has 6 heteroatoms. The van der Waals surface area contributed by atoms with Crippen molar-refractivity contribution in [2.24, 2.45) is 0 Å². The number of aromatic nitrogens is 1. The van der Waals surface area contributed by atoms with E-state index in [2.05, 4.69) is 9.89 Å². The molecule has 1 aromatic heterocycles. The number of aromatic hydroxyl groups is 1. The van der Waals surface area contributed by atoms with Crippen LogP contribution in [-0.2, 0) is 4.74 Å². The smallest absolute Gasteiger partial charge is 0.341 e. The normalized spacial score (nSPS) is 10.2. The highest BCUT2D eigenvalue weighted by Gasteiger charge is 2.14. The lowest BCUT2D eigenvalue weighted by Crippen LogP contribution is -2.01. The van der Waals surface area contributed by atoms with Gasteiger partial charge in [0.15, 0.2) is 0 Å². The summed E-state index contributed by atoms with van der Waals surface area (Å²) in [5, 5.41) is 13.2. The molecule has 3 N–H and O–H groups in total. The number of nitrogens with two attached hydrogens (primary N) is 1. The van der Waals surface area contributed by atoms with Crippen molar-refractivity contribution < 1.29 is 19.2 Å². The molecule has 0 amide bonds. The van der Waals surface area contributed by atoms with Gasteiger partial charge in [-0.25, -0.2) is 4.79 Å². The summed E-state index contributed by atoms with van der Waals surface area (Å²) >= 11 is 0. The highest BCUT2D eigenvalue weighted by Crippen LogP contribution is 2.26. The van der Waals surface area contributed by atoms with Crippen molar-refractivity contribution in [2.75, 3.05) is 12.8 Å². The largest absolute Gasteiger partial charge is 0.507 e. The number of hydrogen-bond acceptors (Lipinski definition) is 6. The maximum absolute atomic E-state index is 11.4. The Bertz CT molecular complexity index is 562. The lowest BCUT2D eigenvalue weighted by Gasteiger charge is -2.03. The molecule has 88 valence electrons. The average molecular weight is 234 g/mol. The van der Waals surface area contributed by atoms with Crippen LogP contribution in [0.25, 0.3) is 11.3 Å². The molecule has 0 fully saturated rings. The Morgan fingerprint density at radius 3 is 2.82 bits per heavy atom. The second-order valence-electron chi connectivity index (χ2n) is 3.34. The summed E-state index contributed by atoms with van der Waals surface area (Å²) in [6.07, 6.45) is 0. The van der Waals surface area contributed by atoms with Gasteiger partial charge in [-0.05, 0) is 18.2 Å². The summed E-state index contributed by atoms with van der Waals surface area (Å²) in [6, 6.07) is 5.96. The van der Waals surface area contributed by atoms with Crippen molar-refractivity contribution in [3.63, 3.8) is 0 Å². The third kappa shape index (κ3) is 2.05. The van der Waals surface area contributed by atoms with Gasteiger partial charge >= 0.3 is 5.97 Å². The number of esters is 1. The second kappa shape index (κ2) is 4.17. The van der Waals surface area contributed by atoms with Crippen molar-refractivity contribution in [2.45, 2.75) is 0 Å². The Kier molecular flexibility index (Phi) is 2.70. The van der Waals surface area contributed by atoms with Crippen LogP contribution in [0.1, 0.15) is 10.4 Å². The SMILES string of the molecule is COC(=O)c1cc(-c2cc(N)on2)ccc1O. The maximum Gasteiger partial charge on any atom is 0.341 e. The summed E-state index contributed by atoms with van der Waals surface area (Å²) in [7, 11) is 1.24. The summed E-state index contributed by atoms with van der Waals surface area (Å²) in [5.74, 6) is -0.606. The standard InChI is InChI=1S/C11H10N2O4/c1-16-11(15)7-4-6(2-3-9(7)14)8-5-10(12)17-13-8/h2-5,14H,12H2,1H3. The van der Waals surface area contributed by atoms with E-state index in [1.165, 1.54) is 25.3 Å². The van der Waals surface area contributed by atoms with Crippen LogP contribution < -0.4 is 5.73 Å². The fraction of sp³-hybridized carbons (Fsp3) is 0.0909. The van der Waals surface area contributed by atoms with E-state index in [0.29, 0.717) is 11.3 Å². The predicted octanol–water partition coefficient (Wildman–Crippen LogP) is 1.42. The first kappa shape index (κ1) is 11.0. The second-order valence-corrected chi connectivity index (χ2v) is 3.34. The van der Waals surface area contributed by atoms with E-state index >= 15 is 0 Å². The quantitative estimate of drug-likeness (QED) is 0.762. The number of hydrogen-bond donors (Lipinski definition) is 2. The Hall–Kier alpha value is -2.50. The molecule has 1 heterocycles. The number of rotatable bonds is 2. The first-order valence-electron chi connectivity index (χ1n) is 4.75. The van der Waals surface area contributed by atoms with Crippen molar-refractivity contribution in [1.82, 2.24) is 5.16 Å². The van der Waals surface area contributed by atoms with Crippen LogP contribution in [-0.4, -0.2) is 23.3 Å². The molecule has 0 saturated heterocycles. The van der Waals surface area contributed by atoms with Gasteiger partial charge < -0.3 is 20.1 Å². The number of carbonyl (C=O) groups is 1. The molecule has 6 nitrogen and oxygen atoms in total. The zero-order valence-corrected chi connectivity index (χ0v) is 9.01. The molecule has 1 aromatic carbocycles. The van der Waals surface area contributed by atoms with Crippen molar-refractivity contribution >= 4 is 11.9 Å². The average Bonchev–Trinajstić information content (AvgIpc) is 2.75. The van der Waals surface area contributed by atoms with E-state index in [9.17, 15) is 9.90 Å². The number of nitrogens with zero attached hydrogens (tertiary/aromatic N) is 1. The molecule has 0 spiro atoms. The lowest BCUT2D eigenvalue weighted by molar-refractivity contribution is 0.0597. The molecule has 2 rings (SSSR count). The van der Waals surface area contributed by atoms with E-state index in [-0.39, 0.29) is 17.2 Å². The molecule has 0 aliphatic rings. The minimum absolute atomic E-state index is 0.0616. The Labute approximate surface area is 96.6 Å². The summed E-state index contributed by atoms with van der Waals surface area (Å²) in [5.41, 5.74) is 6.54. The molecule has 0 atom stereocenters. The Morgan fingerprint density at radius 1 is 1.47 bits per heavy atom. The van der Waals surface area contributed by atoms with Crippen LogP contribution in [0.2, 0.25) is 0 Å². The zero-order valence-electron chi connectivity index (χ0n) is 9.01. The first-order chi connectivity index (χ1) is 8.11. The van der Waals surface area contributed by atoms with E-state index in [1.807, 2.05) is 0 Å². The van der Waals surface area contributed by atoms with Gasteiger partial charge in [-0.15, -0.1) is 0 Å². The Balaban J connectivity index is 2.47. The third-order valence-electron chi connectivity index (χ3n) is 2.23. The minimum atomic E-state index is -0.624. The summed E-state index contributed by atoms with van der Waals surface area (Å²) in [4.78, 5) is 11.4. The minimum Gasteiger partial charge on any atom is -0.507 e. The summed E-state index contributed by atoms with van der Waals surface area (Å²) in [6.45, 7) is 0. The fourth-order valence-corrected chi connectivity index (χ4v) is 1.39. The number of carbonyl (C=O) groups excluding carboxylic acids is 1. The number of anilines is 1. The van der Waals surface area contributed by atoms with Crippen LogP contribution >= 0.6 is 0 Å². The highest BCUT2D eigenvalue weighted by atomic mass is 16.5. The monoisotopic (exact) mass is 234 g/mol. The number of ether oxygens (including phenoxy) is 1. The van der Waals surface area contributed by atoms with Gasteiger partial charge in [0.2, 0.25) is 5.88 Å². The molecule has 0 radical (unpaired) electrons. The van der Waals surface area contributed by atoms with Crippen LogP contribution in [0.15, 0.2) is 28.8 Å². The molecule has 0 aliphatic carbocycles. The van der Waals surface area contributed by atoms with E-state index in [0.717, 1.165) is 0 Å². The molecule has 2 aromatic rings. The van der Waals surface area contributed by atoms with Crippen molar-refractivity contribution in [3.05, 3.63) is 29.8 Å². The maximum atomic E-state index is 11.4.